The van der Waals surface area contributed by atoms with Crippen molar-refractivity contribution in [2.45, 2.75) is 30.9 Å². The third-order valence-electron chi connectivity index (χ3n) is 3.06. The van der Waals surface area contributed by atoms with Gasteiger partial charge in [0, 0.05) is 9.35 Å². The zero-order chi connectivity index (χ0) is 15.5. The van der Waals surface area contributed by atoms with Crippen LogP contribution in [0.25, 0.3) is 0 Å². The van der Waals surface area contributed by atoms with Crippen LogP contribution in [0.1, 0.15) is 29.8 Å². The highest BCUT2D eigenvalue weighted by Crippen LogP contribution is 2.27. The first-order valence-electron chi connectivity index (χ1n) is 6.43. The minimum atomic E-state index is -3.66. The topological polar surface area (TPSA) is 66.4 Å². The second-order valence-corrected chi connectivity index (χ2v) is 8.04. The summed E-state index contributed by atoms with van der Waals surface area (Å²) in [5, 5.41) is 11.1. The molecule has 0 aliphatic carbocycles. The largest absolute Gasteiger partial charge is 0.392 e. The fourth-order valence-electron chi connectivity index (χ4n) is 1.93. The lowest BCUT2D eigenvalue weighted by Gasteiger charge is -2.17. The number of hydrogen-bond acceptors (Lipinski definition) is 4. The van der Waals surface area contributed by atoms with Gasteiger partial charge in [0.2, 0.25) is 10.0 Å². The van der Waals surface area contributed by atoms with E-state index in [1.165, 1.54) is 17.4 Å². The van der Waals surface area contributed by atoms with Gasteiger partial charge in [0.15, 0.2) is 0 Å². The molecule has 1 aromatic heterocycles. The molecule has 114 valence electrons. The molecule has 0 spiro atoms. The van der Waals surface area contributed by atoms with Gasteiger partial charge in [-0.05, 0) is 51.5 Å². The molecular formula is C14H16BrNO3S2. The number of benzene rings is 1. The smallest absolute Gasteiger partial charge is 0.242 e. The average Bonchev–Trinajstić information content (AvgIpc) is 2.99. The summed E-state index contributed by atoms with van der Waals surface area (Å²) in [6.07, 6.45) is 0.664. The molecule has 0 radical (unpaired) electrons. The zero-order valence-electron chi connectivity index (χ0n) is 11.4. The Labute approximate surface area is 137 Å². The standard InChI is InChI=1S/C14H16BrNO3S2/c1-2-12(13-4-3-7-20-13)16-21(18,19)14-8-10(9-17)5-6-11(14)15/h3-8,12,16-17H,2,9H2,1H3. The Kier molecular flexibility index (Phi) is 5.56. The number of nitrogens with one attached hydrogen (secondary N) is 1. The summed E-state index contributed by atoms with van der Waals surface area (Å²) in [4.78, 5) is 1.12. The molecule has 2 aromatic rings. The van der Waals surface area contributed by atoms with Crippen LogP contribution in [0.4, 0.5) is 0 Å². The van der Waals surface area contributed by atoms with Crippen molar-refractivity contribution in [2.24, 2.45) is 0 Å². The lowest BCUT2D eigenvalue weighted by molar-refractivity contribution is 0.281. The maximum atomic E-state index is 12.6. The molecule has 1 aromatic carbocycles. The van der Waals surface area contributed by atoms with E-state index in [-0.39, 0.29) is 17.5 Å². The molecule has 0 aliphatic heterocycles. The van der Waals surface area contributed by atoms with Gasteiger partial charge in [-0.1, -0.05) is 19.1 Å². The van der Waals surface area contributed by atoms with Crippen molar-refractivity contribution < 1.29 is 13.5 Å². The molecule has 1 heterocycles. The van der Waals surface area contributed by atoms with E-state index in [0.29, 0.717) is 16.5 Å². The van der Waals surface area contributed by atoms with Crippen molar-refractivity contribution in [3.63, 3.8) is 0 Å². The number of rotatable bonds is 6. The van der Waals surface area contributed by atoms with E-state index in [0.717, 1.165) is 4.88 Å². The molecule has 0 aliphatic rings. The lowest BCUT2D eigenvalue weighted by Crippen LogP contribution is -2.28. The van der Waals surface area contributed by atoms with Crippen molar-refractivity contribution >= 4 is 37.3 Å². The molecule has 7 heteroatoms. The maximum Gasteiger partial charge on any atom is 0.242 e. The van der Waals surface area contributed by atoms with Crippen LogP contribution in [0.2, 0.25) is 0 Å². The Morgan fingerprint density at radius 2 is 2.14 bits per heavy atom. The van der Waals surface area contributed by atoms with Crippen LogP contribution in [0.5, 0.6) is 0 Å². The Morgan fingerprint density at radius 3 is 2.71 bits per heavy atom. The highest BCUT2D eigenvalue weighted by Gasteiger charge is 2.23. The van der Waals surface area contributed by atoms with Crippen molar-refractivity contribution in [3.8, 4) is 0 Å². The molecule has 0 saturated heterocycles. The third kappa shape index (κ3) is 3.92. The monoisotopic (exact) mass is 389 g/mol. The third-order valence-corrected chi connectivity index (χ3v) is 6.51. The first kappa shape index (κ1) is 16.6. The molecule has 1 unspecified atom stereocenters. The van der Waals surface area contributed by atoms with E-state index in [2.05, 4.69) is 20.7 Å². The van der Waals surface area contributed by atoms with Gasteiger partial charge in [0.1, 0.15) is 0 Å². The first-order chi connectivity index (χ1) is 9.97. The van der Waals surface area contributed by atoms with Crippen molar-refractivity contribution in [2.75, 3.05) is 0 Å². The number of aliphatic hydroxyl groups excluding tert-OH is 1. The lowest BCUT2D eigenvalue weighted by atomic mass is 10.2. The Balaban J connectivity index is 2.34. The van der Waals surface area contributed by atoms with Gasteiger partial charge in [-0.3, -0.25) is 0 Å². The Hall–Kier alpha value is -0.730. The van der Waals surface area contributed by atoms with Gasteiger partial charge >= 0.3 is 0 Å². The molecule has 0 fully saturated rings. The van der Waals surface area contributed by atoms with Gasteiger partial charge in [0.05, 0.1) is 17.5 Å². The highest BCUT2D eigenvalue weighted by molar-refractivity contribution is 9.10. The molecule has 0 amide bonds. The quantitative estimate of drug-likeness (QED) is 0.794. The number of thiophene rings is 1. The summed E-state index contributed by atoms with van der Waals surface area (Å²) in [6.45, 7) is 1.74. The van der Waals surface area contributed by atoms with Gasteiger partial charge in [-0.25, -0.2) is 13.1 Å². The van der Waals surface area contributed by atoms with E-state index in [1.807, 2.05) is 24.4 Å². The van der Waals surface area contributed by atoms with Crippen molar-refractivity contribution in [1.29, 1.82) is 0 Å². The van der Waals surface area contributed by atoms with E-state index in [9.17, 15) is 8.42 Å². The van der Waals surface area contributed by atoms with Gasteiger partial charge in [-0.15, -0.1) is 11.3 Å². The molecule has 2 rings (SSSR count). The molecule has 0 bridgehead atoms. The van der Waals surface area contributed by atoms with Gasteiger partial charge < -0.3 is 5.11 Å². The van der Waals surface area contributed by atoms with Crippen LogP contribution in [-0.4, -0.2) is 13.5 Å². The summed E-state index contributed by atoms with van der Waals surface area (Å²) in [7, 11) is -3.66. The van der Waals surface area contributed by atoms with Crippen molar-refractivity contribution in [3.05, 3.63) is 50.6 Å². The summed E-state index contributed by atoms with van der Waals surface area (Å²) >= 11 is 4.78. The van der Waals surface area contributed by atoms with Crippen LogP contribution in [-0.2, 0) is 16.6 Å². The number of hydrogen-bond donors (Lipinski definition) is 2. The second kappa shape index (κ2) is 7.02. The summed E-state index contributed by atoms with van der Waals surface area (Å²) in [6, 6.07) is 8.36. The minimum Gasteiger partial charge on any atom is -0.392 e. The van der Waals surface area contributed by atoms with Gasteiger partial charge in [-0.2, -0.15) is 0 Å². The summed E-state index contributed by atoms with van der Waals surface area (Å²) in [5.41, 5.74) is 0.558. The Morgan fingerprint density at radius 1 is 1.38 bits per heavy atom. The van der Waals surface area contributed by atoms with Crippen molar-refractivity contribution in [1.82, 2.24) is 4.72 Å². The minimum absolute atomic E-state index is 0.143. The SMILES string of the molecule is CCC(NS(=O)(=O)c1cc(CO)ccc1Br)c1cccs1. The summed E-state index contributed by atoms with van der Waals surface area (Å²) < 4.78 is 28.3. The molecule has 1 atom stereocenters. The predicted molar refractivity (Wildman–Crippen MR) is 87.7 cm³/mol. The number of sulfonamides is 1. The zero-order valence-corrected chi connectivity index (χ0v) is 14.6. The molecule has 21 heavy (non-hydrogen) atoms. The van der Waals surface area contributed by atoms with E-state index < -0.39 is 10.0 Å². The first-order valence-corrected chi connectivity index (χ1v) is 9.58. The van der Waals surface area contributed by atoms with E-state index in [1.54, 1.807) is 12.1 Å². The maximum absolute atomic E-state index is 12.6. The predicted octanol–water partition coefficient (Wildman–Crippen LogP) is 3.43. The van der Waals surface area contributed by atoms with Gasteiger partial charge in [0.25, 0.3) is 0 Å². The number of aliphatic hydroxyl groups is 1. The summed E-state index contributed by atoms with van der Waals surface area (Å²) in [5.74, 6) is 0. The van der Waals surface area contributed by atoms with Crippen LogP contribution in [0.3, 0.4) is 0 Å². The Bertz CT molecular complexity index is 699. The normalized spacial score (nSPS) is 13.3. The average molecular weight is 390 g/mol. The van der Waals surface area contributed by atoms with Crippen LogP contribution < -0.4 is 4.72 Å². The molecular weight excluding hydrogens is 374 g/mol. The highest BCUT2D eigenvalue weighted by atomic mass is 79.9. The molecule has 4 nitrogen and oxygen atoms in total. The second-order valence-electron chi connectivity index (χ2n) is 4.52. The van der Waals surface area contributed by atoms with E-state index >= 15 is 0 Å². The van der Waals surface area contributed by atoms with E-state index in [4.69, 9.17) is 5.11 Å². The fraction of sp³-hybridized carbons (Fsp3) is 0.286. The molecule has 0 saturated carbocycles. The fourth-order valence-corrected chi connectivity index (χ4v) is 5.18. The van der Waals surface area contributed by atoms with Crippen LogP contribution in [0.15, 0.2) is 45.1 Å². The van der Waals surface area contributed by atoms with Crippen LogP contribution >= 0.6 is 27.3 Å². The van der Waals surface area contributed by atoms with Crippen LogP contribution in [0, 0.1) is 0 Å². The number of halogens is 1. The molecule has 2 N–H and O–H groups in total.